The first-order chi connectivity index (χ1) is 10.5. The molecule has 0 bridgehead atoms. The number of sulfonamides is 1. The van der Waals surface area contributed by atoms with E-state index in [2.05, 4.69) is 9.71 Å². The van der Waals surface area contributed by atoms with Crippen LogP contribution in [0.15, 0.2) is 52.4 Å². The smallest absolute Gasteiger partial charge is 0.262 e. The van der Waals surface area contributed by atoms with Gasteiger partial charge < -0.3 is 0 Å². The van der Waals surface area contributed by atoms with Gasteiger partial charge in [-0.2, -0.15) is 0 Å². The number of hydrogen-bond acceptors (Lipinski definition) is 3. The standard InChI is InChI=1S/C16H15ClN2O2S/c1-11-5-7-13(8-6-11)22(20,21)19-16-9-14-12(10-18-16)3-2-4-15(14)17/h2-8H,9-10H2,1H3,(H,18,19). The van der Waals surface area contributed by atoms with E-state index < -0.39 is 10.0 Å². The van der Waals surface area contributed by atoms with Crippen LogP contribution in [-0.4, -0.2) is 14.3 Å². The molecule has 1 aliphatic rings. The maximum atomic E-state index is 12.4. The molecule has 0 fully saturated rings. The van der Waals surface area contributed by atoms with E-state index in [1.807, 2.05) is 19.1 Å². The number of halogens is 1. The minimum Gasteiger partial charge on any atom is -0.267 e. The molecule has 1 heterocycles. The molecule has 2 aromatic rings. The zero-order chi connectivity index (χ0) is 15.7. The summed E-state index contributed by atoms with van der Waals surface area (Å²) < 4.78 is 27.3. The fourth-order valence-corrected chi connectivity index (χ4v) is 3.67. The number of nitrogens with one attached hydrogen (secondary N) is 1. The van der Waals surface area contributed by atoms with Crippen molar-refractivity contribution in [1.82, 2.24) is 4.72 Å². The molecule has 0 saturated carbocycles. The lowest BCUT2D eigenvalue weighted by atomic mass is 10.0. The highest BCUT2D eigenvalue weighted by atomic mass is 35.5. The molecule has 1 aliphatic heterocycles. The van der Waals surface area contributed by atoms with Gasteiger partial charge in [0.15, 0.2) is 0 Å². The fraction of sp³-hybridized carbons (Fsp3) is 0.188. The number of aliphatic imine (C=N–C) groups is 1. The first-order valence-corrected chi connectivity index (χ1v) is 8.71. The largest absolute Gasteiger partial charge is 0.267 e. The summed E-state index contributed by atoms with van der Waals surface area (Å²) in [4.78, 5) is 4.54. The van der Waals surface area contributed by atoms with E-state index in [1.165, 1.54) is 0 Å². The number of aryl methyl sites for hydroxylation is 1. The molecule has 4 nitrogen and oxygen atoms in total. The van der Waals surface area contributed by atoms with Crippen LogP contribution in [0.2, 0.25) is 5.02 Å². The number of fused-ring (bicyclic) bond motifs is 1. The zero-order valence-electron chi connectivity index (χ0n) is 12.0. The van der Waals surface area contributed by atoms with Gasteiger partial charge in [0.2, 0.25) is 0 Å². The Morgan fingerprint density at radius 2 is 1.86 bits per heavy atom. The monoisotopic (exact) mass is 334 g/mol. The van der Waals surface area contributed by atoms with Gasteiger partial charge >= 0.3 is 0 Å². The molecule has 3 rings (SSSR count). The van der Waals surface area contributed by atoms with Crippen molar-refractivity contribution in [2.24, 2.45) is 4.99 Å². The summed E-state index contributed by atoms with van der Waals surface area (Å²) in [5.74, 6) is 0.418. The van der Waals surface area contributed by atoms with Crippen molar-refractivity contribution < 1.29 is 8.42 Å². The van der Waals surface area contributed by atoms with Gasteiger partial charge in [0.1, 0.15) is 5.84 Å². The van der Waals surface area contributed by atoms with Gasteiger partial charge in [-0.25, -0.2) is 8.42 Å². The number of benzene rings is 2. The molecule has 114 valence electrons. The van der Waals surface area contributed by atoms with Gasteiger partial charge in [-0.05, 0) is 36.2 Å². The quantitative estimate of drug-likeness (QED) is 0.917. The van der Waals surface area contributed by atoms with E-state index in [4.69, 9.17) is 11.6 Å². The van der Waals surface area contributed by atoms with Crippen molar-refractivity contribution in [3.8, 4) is 0 Å². The van der Waals surface area contributed by atoms with Crippen molar-refractivity contribution in [3.05, 3.63) is 64.2 Å². The SMILES string of the molecule is Cc1ccc(S(=O)(=O)NC2=NCc3cccc(Cl)c3C2)cc1. The predicted molar refractivity (Wildman–Crippen MR) is 87.8 cm³/mol. The Labute approximate surface area is 134 Å². The lowest BCUT2D eigenvalue weighted by Gasteiger charge is -2.18. The first kappa shape index (κ1) is 15.1. The minimum absolute atomic E-state index is 0.228. The Bertz CT molecular complexity index is 843. The van der Waals surface area contributed by atoms with Crippen molar-refractivity contribution in [3.63, 3.8) is 0 Å². The highest BCUT2D eigenvalue weighted by Gasteiger charge is 2.20. The summed E-state index contributed by atoms with van der Waals surface area (Å²) in [6, 6.07) is 12.3. The maximum Gasteiger partial charge on any atom is 0.262 e. The van der Waals surface area contributed by atoms with Crippen molar-refractivity contribution in [1.29, 1.82) is 0 Å². The van der Waals surface area contributed by atoms with Gasteiger partial charge in [-0.1, -0.05) is 41.4 Å². The van der Waals surface area contributed by atoms with Crippen LogP contribution in [0, 0.1) is 6.92 Å². The molecule has 0 aromatic heterocycles. The second-order valence-electron chi connectivity index (χ2n) is 5.24. The second-order valence-corrected chi connectivity index (χ2v) is 7.33. The molecule has 0 amide bonds. The number of rotatable bonds is 2. The Hall–Kier alpha value is -1.85. The van der Waals surface area contributed by atoms with Crippen LogP contribution in [0.4, 0.5) is 0 Å². The molecule has 0 spiro atoms. The summed E-state index contributed by atoms with van der Waals surface area (Å²) in [5.41, 5.74) is 2.97. The normalized spacial score (nSPS) is 14.2. The van der Waals surface area contributed by atoms with Gasteiger partial charge in [-0.15, -0.1) is 0 Å². The molecule has 6 heteroatoms. The zero-order valence-corrected chi connectivity index (χ0v) is 13.6. The highest BCUT2D eigenvalue weighted by molar-refractivity contribution is 7.90. The number of amidine groups is 1. The molecule has 0 aliphatic carbocycles. The number of nitrogens with zero attached hydrogens (tertiary/aromatic N) is 1. The Morgan fingerprint density at radius 3 is 2.59 bits per heavy atom. The Balaban J connectivity index is 1.84. The summed E-state index contributed by atoms with van der Waals surface area (Å²) >= 11 is 6.18. The van der Waals surface area contributed by atoms with Crippen molar-refractivity contribution >= 4 is 27.5 Å². The first-order valence-electron chi connectivity index (χ1n) is 6.85. The Morgan fingerprint density at radius 1 is 1.14 bits per heavy atom. The third-order valence-corrected chi connectivity index (χ3v) is 5.34. The number of hydrogen-bond donors (Lipinski definition) is 1. The molecule has 0 atom stereocenters. The van der Waals surface area contributed by atoms with E-state index in [-0.39, 0.29) is 4.90 Å². The molecular weight excluding hydrogens is 320 g/mol. The molecule has 0 unspecified atom stereocenters. The average molecular weight is 335 g/mol. The van der Waals surface area contributed by atoms with Gasteiger partial charge in [-0.3, -0.25) is 9.71 Å². The van der Waals surface area contributed by atoms with Crippen LogP contribution >= 0.6 is 11.6 Å². The lowest BCUT2D eigenvalue weighted by molar-refractivity contribution is 0.592. The summed E-state index contributed by atoms with van der Waals surface area (Å²) in [7, 11) is -3.62. The molecule has 22 heavy (non-hydrogen) atoms. The van der Waals surface area contributed by atoms with E-state index in [9.17, 15) is 8.42 Å². The van der Waals surface area contributed by atoms with Crippen LogP contribution in [0.1, 0.15) is 16.7 Å². The molecule has 0 radical (unpaired) electrons. The van der Waals surface area contributed by atoms with E-state index >= 15 is 0 Å². The van der Waals surface area contributed by atoms with E-state index in [0.29, 0.717) is 23.8 Å². The highest BCUT2D eigenvalue weighted by Crippen LogP contribution is 2.24. The Kier molecular flexibility index (Phi) is 3.93. The second kappa shape index (κ2) is 5.74. The van der Waals surface area contributed by atoms with Crippen LogP contribution < -0.4 is 4.72 Å². The van der Waals surface area contributed by atoms with Gasteiger partial charge in [0, 0.05) is 11.4 Å². The van der Waals surface area contributed by atoms with E-state index in [1.54, 1.807) is 30.3 Å². The van der Waals surface area contributed by atoms with Crippen molar-refractivity contribution in [2.75, 3.05) is 0 Å². The van der Waals surface area contributed by atoms with Gasteiger partial charge in [0.25, 0.3) is 10.0 Å². The van der Waals surface area contributed by atoms with Crippen LogP contribution in [0.3, 0.4) is 0 Å². The lowest BCUT2D eigenvalue weighted by Crippen LogP contribution is -2.34. The van der Waals surface area contributed by atoms with Crippen LogP contribution in [0.5, 0.6) is 0 Å². The van der Waals surface area contributed by atoms with Crippen LogP contribution in [-0.2, 0) is 23.0 Å². The molecule has 1 N–H and O–H groups in total. The van der Waals surface area contributed by atoms with Crippen LogP contribution in [0.25, 0.3) is 0 Å². The summed E-state index contributed by atoms with van der Waals surface area (Å²) in [5, 5.41) is 0.638. The molecule has 0 saturated heterocycles. The third-order valence-electron chi connectivity index (χ3n) is 3.58. The predicted octanol–water partition coefficient (Wildman–Crippen LogP) is 3.08. The van der Waals surface area contributed by atoms with E-state index in [0.717, 1.165) is 16.7 Å². The molecule has 2 aromatic carbocycles. The topological polar surface area (TPSA) is 58.5 Å². The van der Waals surface area contributed by atoms with Crippen molar-refractivity contribution in [2.45, 2.75) is 24.8 Å². The third kappa shape index (κ3) is 3.00. The minimum atomic E-state index is -3.62. The fourth-order valence-electron chi connectivity index (χ4n) is 2.35. The summed E-state index contributed by atoms with van der Waals surface area (Å²) in [6.45, 7) is 2.34. The van der Waals surface area contributed by atoms with Gasteiger partial charge in [0.05, 0.1) is 11.4 Å². The average Bonchev–Trinajstić information content (AvgIpc) is 2.48. The summed E-state index contributed by atoms with van der Waals surface area (Å²) in [6.07, 6.45) is 0.389. The maximum absolute atomic E-state index is 12.4. The molecular formula is C16H15ClN2O2S.